The third kappa shape index (κ3) is 4.66. The van der Waals surface area contributed by atoms with Gasteiger partial charge in [-0.2, -0.15) is 10.2 Å². The molecule has 0 saturated carbocycles. The van der Waals surface area contributed by atoms with E-state index in [4.69, 9.17) is 23.2 Å². The van der Waals surface area contributed by atoms with Crippen LogP contribution in [0.4, 0.5) is 10.1 Å². The van der Waals surface area contributed by atoms with Gasteiger partial charge in [0.2, 0.25) is 0 Å². The van der Waals surface area contributed by atoms with Gasteiger partial charge < -0.3 is 5.32 Å². The van der Waals surface area contributed by atoms with Gasteiger partial charge in [-0.3, -0.25) is 14.2 Å². The van der Waals surface area contributed by atoms with Crippen molar-refractivity contribution in [2.45, 2.75) is 26.9 Å². The van der Waals surface area contributed by atoms with E-state index in [1.54, 1.807) is 18.3 Å². The molecule has 31 heavy (non-hydrogen) atoms. The number of nitrogens with one attached hydrogen (secondary N) is 1. The van der Waals surface area contributed by atoms with E-state index >= 15 is 0 Å². The summed E-state index contributed by atoms with van der Waals surface area (Å²) in [5.41, 5.74) is 3.48. The molecule has 4 rings (SSSR count). The van der Waals surface area contributed by atoms with Gasteiger partial charge in [-0.25, -0.2) is 4.39 Å². The molecule has 0 radical (unpaired) electrons. The molecule has 3 heterocycles. The largest absolute Gasteiger partial charge is 0.319 e. The van der Waals surface area contributed by atoms with Crippen LogP contribution in [-0.2, 0) is 13.1 Å². The molecule has 10 heteroatoms. The maximum absolute atomic E-state index is 14.0. The first kappa shape index (κ1) is 21.5. The summed E-state index contributed by atoms with van der Waals surface area (Å²) in [6, 6.07) is 6.35. The van der Waals surface area contributed by atoms with Crippen molar-refractivity contribution in [3.05, 3.63) is 85.3 Å². The summed E-state index contributed by atoms with van der Waals surface area (Å²) in [6.45, 7) is 4.47. The molecular weight excluding hydrogens is 460 g/mol. The van der Waals surface area contributed by atoms with Gasteiger partial charge >= 0.3 is 0 Å². The average Bonchev–Trinajstić information content (AvgIpc) is 3.43. The number of benzene rings is 1. The highest BCUT2D eigenvalue weighted by atomic mass is 35.5. The van der Waals surface area contributed by atoms with Crippen molar-refractivity contribution >= 4 is 46.1 Å². The SMILES string of the molecule is Cc1nn(Cc2csc(C(=O)Nc3cnn(Cc4c(F)cccc4Cl)c3)c2)c(C)c1Cl. The first-order valence-corrected chi connectivity index (χ1v) is 11.0. The summed E-state index contributed by atoms with van der Waals surface area (Å²) in [4.78, 5) is 13.2. The second-order valence-corrected chi connectivity index (χ2v) is 8.74. The molecule has 1 aromatic carbocycles. The lowest BCUT2D eigenvalue weighted by molar-refractivity contribution is 0.103. The van der Waals surface area contributed by atoms with Crippen LogP contribution in [-0.4, -0.2) is 25.5 Å². The number of amides is 1. The molecule has 1 amide bonds. The molecule has 0 fully saturated rings. The minimum atomic E-state index is -0.399. The Labute approximate surface area is 192 Å². The van der Waals surface area contributed by atoms with Crippen LogP contribution in [0.1, 0.15) is 32.2 Å². The summed E-state index contributed by atoms with van der Waals surface area (Å²) in [6.07, 6.45) is 3.14. The lowest BCUT2D eigenvalue weighted by Crippen LogP contribution is -2.10. The second-order valence-electron chi connectivity index (χ2n) is 7.04. The highest BCUT2D eigenvalue weighted by molar-refractivity contribution is 7.12. The van der Waals surface area contributed by atoms with Crippen molar-refractivity contribution in [3.63, 3.8) is 0 Å². The summed E-state index contributed by atoms with van der Waals surface area (Å²) in [7, 11) is 0. The Balaban J connectivity index is 1.42. The number of rotatable bonds is 6. The summed E-state index contributed by atoms with van der Waals surface area (Å²) in [5, 5.41) is 14.3. The van der Waals surface area contributed by atoms with Crippen LogP contribution in [0.25, 0.3) is 0 Å². The molecule has 0 bridgehead atoms. The van der Waals surface area contributed by atoms with Gasteiger partial charge in [0.1, 0.15) is 5.82 Å². The van der Waals surface area contributed by atoms with Crippen molar-refractivity contribution in [1.82, 2.24) is 19.6 Å². The van der Waals surface area contributed by atoms with Gasteiger partial charge in [-0.1, -0.05) is 29.3 Å². The highest BCUT2D eigenvalue weighted by Crippen LogP contribution is 2.23. The molecule has 0 unspecified atom stereocenters. The molecule has 0 atom stereocenters. The molecule has 0 aliphatic heterocycles. The molecule has 6 nitrogen and oxygen atoms in total. The topological polar surface area (TPSA) is 64.7 Å². The van der Waals surface area contributed by atoms with E-state index in [1.807, 2.05) is 30.0 Å². The number of carbonyl (C=O) groups excluding carboxylic acids is 1. The number of carbonyl (C=O) groups is 1. The zero-order valence-corrected chi connectivity index (χ0v) is 19.0. The van der Waals surface area contributed by atoms with Gasteiger partial charge in [0.25, 0.3) is 5.91 Å². The first-order chi connectivity index (χ1) is 14.8. The van der Waals surface area contributed by atoms with Gasteiger partial charge in [0.05, 0.1) is 46.3 Å². The van der Waals surface area contributed by atoms with Crippen molar-refractivity contribution in [3.8, 4) is 0 Å². The zero-order chi connectivity index (χ0) is 22.1. The van der Waals surface area contributed by atoms with Crippen LogP contribution >= 0.6 is 34.5 Å². The predicted octanol–water partition coefficient (Wildman–Crippen LogP) is 5.55. The monoisotopic (exact) mass is 477 g/mol. The molecule has 1 N–H and O–H groups in total. The predicted molar refractivity (Wildman–Crippen MR) is 121 cm³/mol. The Kier molecular flexibility index (Phi) is 6.13. The Morgan fingerprint density at radius 2 is 2.06 bits per heavy atom. The molecule has 0 aliphatic rings. The first-order valence-electron chi connectivity index (χ1n) is 9.35. The van der Waals surface area contributed by atoms with E-state index in [2.05, 4.69) is 15.5 Å². The Morgan fingerprint density at radius 3 is 2.77 bits per heavy atom. The maximum atomic E-state index is 14.0. The summed E-state index contributed by atoms with van der Waals surface area (Å²) >= 11 is 13.6. The lowest BCUT2D eigenvalue weighted by Gasteiger charge is -2.05. The third-order valence-electron chi connectivity index (χ3n) is 4.78. The van der Waals surface area contributed by atoms with E-state index in [0.717, 1.165) is 17.0 Å². The third-order valence-corrected chi connectivity index (χ3v) is 6.65. The van der Waals surface area contributed by atoms with Gasteiger partial charge in [-0.15, -0.1) is 11.3 Å². The van der Waals surface area contributed by atoms with Crippen molar-refractivity contribution in [2.75, 3.05) is 5.32 Å². The Bertz CT molecular complexity index is 1240. The normalized spacial score (nSPS) is 11.1. The van der Waals surface area contributed by atoms with E-state index in [9.17, 15) is 9.18 Å². The number of aromatic nitrogens is 4. The van der Waals surface area contributed by atoms with Crippen LogP contribution in [0.15, 0.2) is 42.0 Å². The highest BCUT2D eigenvalue weighted by Gasteiger charge is 2.14. The molecule has 160 valence electrons. The van der Waals surface area contributed by atoms with Gasteiger partial charge in [-0.05, 0) is 43.0 Å². The van der Waals surface area contributed by atoms with Gasteiger partial charge in [0, 0.05) is 16.8 Å². The number of nitrogens with zero attached hydrogens (tertiary/aromatic N) is 4. The fourth-order valence-corrected chi connectivity index (χ4v) is 4.29. The van der Waals surface area contributed by atoms with E-state index in [-0.39, 0.29) is 12.5 Å². The van der Waals surface area contributed by atoms with E-state index < -0.39 is 5.82 Å². The minimum absolute atomic E-state index is 0.162. The van der Waals surface area contributed by atoms with Crippen molar-refractivity contribution in [1.29, 1.82) is 0 Å². The molecule has 4 aromatic rings. The second kappa shape index (κ2) is 8.82. The molecular formula is C21H18Cl2FN5OS. The average molecular weight is 478 g/mol. The molecule has 0 saturated heterocycles. The fraction of sp³-hybridized carbons (Fsp3) is 0.190. The molecule has 0 spiro atoms. The summed E-state index contributed by atoms with van der Waals surface area (Å²) < 4.78 is 17.3. The smallest absolute Gasteiger partial charge is 0.265 e. The fourth-order valence-electron chi connectivity index (χ4n) is 3.13. The standard InChI is InChI=1S/C21H18Cl2FN5OS/c1-12-20(23)13(2)29(27-12)8-14-6-19(31-11-14)21(30)26-15-7-25-28(9-15)10-16-17(22)4-3-5-18(16)24/h3-7,9,11H,8,10H2,1-2H3,(H,26,30). The minimum Gasteiger partial charge on any atom is -0.319 e. The number of anilines is 1. The van der Waals surface area contributed by atoms with Crippen LogP contribution in [0.5, 0.6) is 0 Å². The van der Waals surface area contributed by atoms with E-state index in [0.29, 0.717) is 32.7 Å². The number of halogens is 3. The maximum Gasteiger partial charge on any atom is 0.265 e. The zero-order valence-electron chi connectivity index (χ0n) is 16.7. The Hall–Kier alpha value is -2.68. The molecule has 0 aliphatic carbocycles. The molecule has 3 aromatic heterocycles. The van der Waals surface area contributed by atoms with Crippen molar-refractivity contribution in [2.24, 2.45) is 0 Å². The van der Waals surface area contributed by atoms with E-state index in [1.165, 1.54) is 28.3 Å². The number of hydrogen-bond acceptors (Lipinski definition) is 4. The Morgan fingerprint density at radius 1 is 1.26 bits per heavy atom. The quantitative estimate of drug-likeness (QED) is 0.395. The van der Waals surface area contributed by atoms with Crippen LogP contribution < -0.4 is 5.32 Å². The van der Waals surface area contributed by atoms with Crippen LogP contribution in [0.2, 0.25) is 10.0 Å². The number of hydrogen-bond donors (Lipinski definition) is 1. The lowest BCUT2D eigenvalue weighted by atomic mass is 10.2. The number of thiophene rings is 1. The van der Waals surface area contributed by atoms with Crippen LogP contribution in [0, 0.1) is 19.7 Å². The summed E-state index contributed by atoms with van der Waals surface area (Å²) in [5.74, 6) is -0.644. The van der Waals surface area contributed by atoms with Crippen LogP contribution in [0.3, 0.4) is 0 Å². The van der Waals surface area contributed by atoms with Crippen molar-refractivity contribution < 1.29 is 9.18 Å². The van der Waals surface area contributed by atoms with Gasteiger partial charge in [0.15, 0.2) is 0 Å². The number of aryl methyl sites for hydroxylation is 1.